The number of aromatic nitrogens is 1. The number of rotatable bonds is 8. The molecule has 1 aliphatic rings. The standard InChI is InChI=1S/C23H35N5S/c1-4-21-16-26-22(29-21)9-12-25-23(24-3)27-15-19-10-13-28(14-11-19)17-20-7-5-18(2)6-8-20/h5-8,16,19H,4,9-15,17H2,1-3H3,(H2,24,25,27). The largest absolute Gasteiger partial charge is 0.356 e. The van der Waals surface area contributed by atoms with E-state index >= 15 is 0 Å². The van der Waals surface area contributed by atoms with Crippen molar-refractivity contribution in [2.24, 2.45) is 10.9 Å². The smallest absolute Gasteiger partial charge is 0.190 e. The average Bonchev–Trinajstić information content (AvgIpc) is 3.21. The van der Waals surface area contributed by atoms with Crippen LogP contribution < -0.4 is 10.6 Å². The zero-order valence-electron chi connectivity index (χ0n) is 18.1. The van der Waals surface area contributed by atoms with Crippen LogP contribution >= 0.6 is 11.3 Å². The van der Waals surface area contributed by atoms with Gasteiger partial charge < -0.3 is 10.6 Å². The normalized spacial score (nSPS) is 16.2. The highest BCUT2D eigenvalue weighted by molar-refractivity contribution is 7.11. The fraction of sp³-hybridized carbons (Fsp3) is 0.565. The average molecular weight is 414 g/mol. The maximum atomic E-state index is 4.48. The van der Waals surface area contributed by atoms with Crippen LogP contribution in [0.1, 0.15) is 40.8 Å². The van der Waals surface area contributed by atoms with Gasteiger partial charge in [0.25, 0.3) is 0 Å². The van der Waals surface area contributed by atoms with E-state index in [4.69, 9.17) is 0 Å². The van der Waals surface area contributed by atoms with Crippen LogP contribution in [0.4, 0.5) is 0 Å². The van der Waals surface area contributed by atoms with Crippen LogP contribution in [-0.2, 0) is 19.4 Å². The second-order valence-corrected chi connectivity index (χ2v) is 9.11. The van der Waals surface area contributed by atoms with Crippen LogP contribution in [0, 0.1) is 12.8 Å². The first-order chi connectivity index (χ1) is 14.2. The molecule has 6 heteroatoms. The maximum absolute atomic E-state index is 4.48. The van der Waals surface area contributed by atoms with Crippen molar-refractivity contribution in [1.82, 2.24) is 20.5 Å². The molecule has 1 saturated heterocycles. The molecule has 0 amide bonds. The summed E-state index contributed by atoms with van der Waals surface area (Å²) >= 11 is 1.81. The van der Waals surface area contributed by atoms with Gasteiger partial charge in [0.15, 0.2) is 5.96 Å². The molecule has 3 rings (SSSR count). The van der Waals surface area contributed by atoms with E-state index < -0.39 is 0 Å². The van der Waals surface area contributed by atoms with E-state index in [-0.39, 0.29) is 0 Å². The molecule has 0 aliphatic carbocycles. The number of hydrogen-bond acceptors (Lipinski definition) is 4. The summed E-state index contributed by atoms with van der Waals surface area (Å²) in [5, 5.41) is 8.14. The second kappa shape index (κ2) is 11.3. The molecule has 1 aromatic carbocycles. The van der Waals surface area contributed by atoms with Gasteiger partial charge in [-0.25, -0.2) is 4.98 Å². The minimum Gasteiger partial charge on any atom is -0.356 e. The molecular weight excluding hydrogens is 378 g/mol. The lowest BCUT2D eigenvalue weighted by atomic mass is 9.96. The Morgan fingerprint density at radius 3 is 2.62 bits per heavy atom. The Bertz CT molecular complexity index is 760. The Hall–Kier alpha value is -1.92. The zero-order valence-corrected chi connectivity index (χ0v) is 18.9. The van der Waals surface area contributed by atoms with Crippen molar-refractivity contribution in [3.63, 3.8) is 0 Å². The number of benzene rings is 1. The minimum atomic E-state index is 0.717. The Morgan fingerprint density at radius 2 is 1.97 bits per heavy atom. The summed E-state index contributed by atoms with van der Waals surface area (Å²) in [4.78, 5) is 12.8. The van der Waals surface area contributed by atoms with Crippen LogP contribution in [0.3, 0.4) is 0 Å². The predicted octanol–water partition coefficient (Wildman–Crippen LogP) is 3.63. The molecule has 0 radical (unpaired) electrons. The van der Waals surface area contributed by atoms with Gasteiger partial charge in [0.05, 0.1) is 5.01 Å². The molecule has 0 bridgehead atoms. The Labute approximate surface area is 179 Å². The van der Waals surface area contributed by atoms with Gasteiger partial charge in [-0.2, -0.15) is 0 Å². The molecular formula is C23H35N5S. The van der Waals surface area contributed by atoms with Crippen LogP contribution in [0.15, 0.2) is 35.5 Å². The number of aliphatic imine (C=N–C) groups is 1. The van der Waals surface area contributed by atoms with Gasteiger partial charge in [-0.3, -0.25) is 9.89 Å². The first kappa shape index (κ1) is 21.8. The zero-order chi connectivity index (χ0) is 20.5. The van der Waals surface area contributed by atoms with Crippen molar-refractivity contribution in [3.8, 4) is 0 Å². The van der Waals surface area contributed by atoms with E-state index in [1.165, 1.54) is 46.9 Å². The molecule has 0 spiro atoms. The highest BCUT2D eigenvalue weighted by Crippen LogP contribution is 2.18. The fourth-order valence-electron chi connectivity index (χ4n) is 3.68. The first-order valence-electron chi connectivity index (χ1n) is 10.8. The molecule has 2 heterocycles. The first-order valence-corrected chi connectivity index (χ1v) is 11.6. The number of aryl methyl sites for hydroxylation is 2. The molecule has 5 nitrogen and oxygen atoms in total. The quantitative estimate of drug-likeness (QED) is 0.513. The lowest BCUT2D eigenvalue weighted by molar-refractivity contribution is 0.178. The number of piperidine rings is 1. The SMILES string of the molecule is CCc1cnc(CCNC(=NC)NCC2CCN(Cc3ccc(C)cc3)CC2)s1. The third-order valence-electron chi connectivity index (χ3n) is 5.60. The van der Waals surface area contributed by atoms with Crippen molar-refractivity contribution in [2.45, 2.75) is 46.1 Å². The molecule has 2 N–H and O–H groups in total. The van der Waals surface area contributed by atoms with Crippen molar-refractivity contribution >= 4 is 17.3 Å². The second-order valence-electron chi connectivity index (χ2n) is 7.91. The van der Waals surface area contributed by atoms with E-state index in [0.717, 1.165) is 38.4 Å². The van der Waals surface area contributed by atoms with Crippen LogP contribution in [0.5, 0.6) is 0 Å². The number of nitrogens with zero attached hydrogens (tertiary/aromatic N) is 3. The Morgan fingerprint density at radius 1 is 1.21 bits per heavy atom. The number of guanidine groups is 1. The summed E-state index contributed by atoms with van der Waals surface area (Å²) < 4.78 is 0. The van der Waals surface area contributed by atoms with Gasteiger partial charge >= 0.3 is 0 Å². The number of nitrogens with one attached hydrogen (secondary N) is 2. The molecule has 0 atom stereocenters. The molecule has 1 aromatic heterocycles. The summed E-state index contributed by atoms with van der Waals surface area (Å²) in [6.07, 6.45) is 6.50. The topological polar surface area (TPSA) is 52.6 Å². The molecule has 29 heavy (non-hydrogen) atoms. The summed E-state index contributed by atoms with van der Waals surface area (Å²) in [7, 11) is 1.85. The van der Waals surface area contributed by atoms with E-state index in [1.54, 1.807) is 0 Å². The molecule has 1 fully saturated rings. The van der Waals surface area contributed by atoms with E-state index in [9.17, 15) is 0 Å². The predicted molar refractivity (Wildman–Crippen MR) is 124 cm³/mol. The van der Waals surface area contributed by atoms with Gasteiger partial charge in [0, 0.05) is 44.2 Å². The molecule has 0 unspecified atom stereocenters. The van der Waals surface area contributed by atoms with Crippen molar-refractivity contribution in [1.29, 1.82) is 0 Å². The van der Waals surface area contributed by atoms with Crippen molar-refractivity contribution in [2.75, 3.05) is 33.2 Å². The number of thiazole rings is 1. The van der Waals surface area contributed by atoms with Gasteiger partial charge in [0.2, 0.25) is 0 Å². The maximum Gasteiger partial charge on any atom is 0.190 e. The lowest BCUT2D eigenvalue weighted by Crippen LogP contribution is -2.43. The van der Waals surface area contributed by atoms with Crippen LogP contribution in [-0.4, -0.2) is 49.1 Å². The Kier molecular flexibility index (Phi) is 8.50. The summed E-state index contributed by atoms with van der Waals surface area (Å²) in [5.41, 5.74) is 2.75. The summed E-state index contributed by atoms with van der Waals surface area (Å²) in [6.45, 7) is 9.60. The van der Waals surface area contributed by atoms with Crippen molar-refractivity contribution < 1.29 is 0 Å². The third-order valence-corrected chi connectivity index (χ3v) is 6.80. The highest BCUT2D eigenvalue weighted by Gasteiger charge is 2.19. The highest BCUT2D eigenvalue weighted by atomic mass is 32.1. The molecule has 0 saturated carbocycles. The van der Waals surface area contributed by atoms with Crippen molar-refractivity contribution in [3.05, 3.63) is 51.5 Å². The molecule has 158 valence electrons. The van der Waals surface area contributed by atoms with Gasteiger partial charge in [-0.05, 0) is 50.8 Å². The lowest BCUT2D eigenvalue weighted by Gasteiger charge is -2.32. The third kappa shape index (κ3) is 7.12. The Balaban J connectivity index is 1.32. The number of hydrogen-bond donors (Lipinski definition) is 2. The monoisotopic (exact) mass is 413 g/mol. The summed E-state index contributed by atoms with van der Waals surface area (Å²) in [5.74, 6) is 1.62. The van der Waals surface area contributed by atoms with Crippen LogP contribution in [0.25, 0.3) is 0 Å². The van der Waals surface area contributed by atoms with E-state index in [0.29, 0.717) is 5.92 Å². The van der Waals surface area contributed by atoms with Crippen LogP contribution in [0.2, 0.25) is 0 Å². The summed E-state index contributed by atoms with van der Waals surface area (Å²) in [6, 6.07) is 8.94. The molecule has 1 aliphatic heterocycles. The van der Waals surface area contributed by atoms with Gasteiger partial charge in [-0.1, -0.05) is 36.8 Å². The minimum absolute atomic E-state index is 0.717. The fourth-order valence-corrected chi connectivity index (χ4v) is 4.54. The van der Waals surface area contributed by atoms with Gasteiger partial charge in [-0.15, -0.1) is 11.3 Å². The number of likely N-dealkylation sites (tertiary alicyclic amines) is 1. The van der Waals surface area contributed by atoms with Gasteiger partial charge in [0.1, 0.15) is 0 Å². The molecule has 2 aromatic rings. The van der Waals surface area contributed by atoms with E-state index in [1.807, 2.05) is 24.6 Å². The van der Waals surface area contributed by atoms with E-state index in [2.05, 4.69) is 63.6 Å².